The summed E-state index contributed by atoms with van der Waals surface area (Å²) < 4.78 is 11.7. The molecule has 0 fully saturated rings. The van der Waals surface area contributed by atoms with Crippen molar-refractivity contribution in [2.24, 2.45) is 5.41 Å². The summed E-state index contributed by atoms with van der Waals surface area (Å²) in [4.78, 5) is 18.7. The summed E-state index contributed by atoms with van der Waals surface area (Å²) in [6.07, 6.45) is 0.761. The van der Waals surface area contributed by atoms with Crippen LogP contribution < -0.4 is 14.9 Å². The van der Waals surface area contributed by atoms with Crippen LogP contribution in [-0.4, -0.2) is 60.4 Å². The first-order chi connectivity index (χ1) is 18.9. The third kappa shape index (κ3) is 5.50. The number of aliphatic hydroxyl groups is 2. The first-order valence-electron chi connectivity index (χ1n) is 12.9. The monoisotopic (exact) mass is 544 g/mol. The van der Waals surface area contributed by atoms with Crippen molar-refractivity contribution < 1.29 is 24.5 Å². The maximum Gasteiger partial charge on any atom is 0.416 e. The van der Waals surface area contributed by atoms with E-state index in [1.54, 1.807) is 29.2 Å². The van der Waals surface area contributed by atoms with Crippen molar-refractivity contribution in [2.45, 2.75) is 25.8 Å². The van der Waals surface area contributed by atoms with Crippen molar-refractivity contribution in [3.8, 4) is 11.5 Å². The number of fused-ring (bicyclic) bond motifs is 3. The molecule has 2 heterocycles. The molecule has 5 rings (SSSR count). The molecule has 1 aliphatic heterocycles. The molecule has 2 radical (unpaired) electrons. The minimum absolute atomic E-state index is 0.168. The van der Waals surface area contributed by atoms with E-state index in [9.17, 15) is 15.0 Å². The second-order valence-corrected chi connectivity index (χ2v) is 10.5. The Morgan fingerprint density at radius 1 is 1.08 bits per heavy atom. The van der Waals surface area contributed by atoms with Gasteiger partial charge in [0.25, 0.3) is 0 Å². The number of benzene rings is 3. The van der Waals surface area contributed by atoms with Crippen molar-refractivity contribution in [1.29, 1.82) is 0 Å². The van der Waals surface area contributed by atoms with Crippen LogP contribution in [0.15, 0.2) is 66.7 Å². The molecular weight excluding hydrogens is 515 g/mol. The number of ether oxygens (including phenoxy) is 2. The number of hydrogen-bond acceptors (Lipinski definition) is 5. The van der Waals surface area contributed by atoms with Gasteiger partial charge in [-0.2, -0.15) is 0 Å². The van der Waals surface area contributed by atoms with Crippen LogP contribution in [0.3, 0.4) is 0 Å². The van der Waals surface area contributed by atoms with E-state index in [0.29, 0.717) is 41.4 Å². The number of carbonyl (C=O) groups excluding carboxylic acids is 1. The molecule has 3 aromatic carbocycles. The number of aromatic nitrogens is 1. The SMILES string of the molecule is [B]c1ccc2[nH]c3c(c2c1)CCN(C(=O)Oc1ccc(Cl)cc1)C3c1ccc(OCC(CC)(CO)CO)cc1. The number of halogens is 1. The van der Waals surface area contributed by atoms with E-state index < -0.39 is 17.6 Å². The van der Waals surface area contributed by atoms with Crippen LogP contribution in [0.1, 0.15) is 36.2 Å². The molecule has 0 bridgehead atoms. The highest BCUT2D eigenvalue weighted by Crippen LogP contribution is 2.39. The van der Waals surface area contributed by atoms with Crippen LogP contribution >= 0.6 is 11.6 Å². The van der Waals surface area contributed by atoms with Gasteiger partial charge in [-0.3, -0.25) is 4.90 Å². The van der Waals surface area contributed by atoms with Crippen molar-refractivity contribution in [3.05, 3.63) is 88.6 Å². The fourth-order valence-corrected chi connectivity index (χ4v) is 5.09. The number of amides is 1. The minimum Gasteiger partial charge on any atom is -0.493 e. The van der Waals surface area contributed by atoms with Gasteiger partial charge in [-0.15, -0.1) is 0 Å². The molecule has 3 N–H and O–H groups in total. The fourth-order valence-electron chi connectivity index (χ4n) is 4.96. The van der Waals surface area contributed by atoms with Crippen molar-refractivity contribution in [1.82, 2.24) is 9.88 Å². The molecule has 1 unspecified atom stereocenters. The van der Waals surface area contributed by atoms with E-state index in [-0.39, 0.29) is 19.8 Å². The molecule has 7 nitrogen and oxygen atoms in total. The highest BCUT2D eigenvalue weighted by molar-refractivity contribution is 6.33. The van der Waals surface area contributed by atoms with E-state index in [1.807, 2.05) is 49.4 Å². The lowest BCUT2D eigenvalue weighted by Crippen LogP contribution is -2.42. The number of aromatic amines is 1. The summed E-state index contributed by atoms with van der Waals surface area (Å²) in [5, 5.41) is 21.1. The molecular formula is C30H30BClN2O5. The third-order valence-electron chi connectivity index (χ3n) is 7.57. The van der Waals surface area contributed by atoms with E-state index >= 15 is 0 Å². The van der Waals surface area contributed by atoms with Crippen LogP contribution in [-0.2, 0) is 6.42 Å². The zero-order valence-electron chi connectivity index (χ0n) is 21.7. The smallest absolute Gasteiger partial charge is 0.416 e. The molecule has 1 aromatic heterocycles. The predicted octanol–water partition coefficient (Wildman–Crippen LogP) is 4.52. The highest BCUT2D eigenvalue weighted by atomic mass is 35.5. The summed E-state index contributed by atoms with van der Waals surface area (Å²) in [7, 11) is 6.09. The van der Waals surface area contributed by atoms with Crippen LogP contribution in [0.25, 0.3) is 10.9 Å². The van der Waals surface area contributed by atoms with E-state index in [4.69, 9.17) is 28.9 Å². The molecule has 1 amide bonds. The Morgan fingerprint density at radius 3 is 2.44 bits per heavy atom. The number of nitrogens with one attached hydrogen (secondary N) is 1. The summed E-state index contributed by atoms with van der Waals surface area (Å²) in [5.41, 5.74) is 3.84. The van der Waals surface area contributed by atoms with Gasteiger partial charge in [-0.1, -0.05) is 48.3 Å². The molecule has 0 spiro atoms. The van der Waals surface area contributed by atoms with Gasteiger partial charge in [0.15, 0.2) is 0 Å². The maximum absolute atomic E-state index is 13.5. The molecule has 1 aliphatic rings. The van der Waals surface area contributed by atoms with Crippen LogP contribution in [0, 0.1) is 5.41 Å². The summed E-state index contributed by atoms with van der Waals surface area (Å²) in [6.45, 7) is 2.21. The lowest BCUT2D eigenvalue weighted by atomic mass is 9.88. The van der Waals surface area contributed by atoms with Crippen molar-refractivity contribution in [3.63, 3.8) is 0 Å². The Hall–Kier alpha value is -3.46. The molecule has 1 atom stereocenters. The Morgan fingerprint density at radius 2 is 1.77 bits per heavy atom. The summed E-state index contributed by atoms with van der Waals surface area (Å²) in [6, 6.07) is 19.5. The van der Waals surface area contributed by atoms with Gasteiger partial charge in [0.2, 0.25) is 0 Å². The number of nitrogens with zero attached hydrogens (tertiary/aromatic N) is 1. The highest BCUT2D eigenvalue weighted by Gasteiger charge is 2.36. The predicted molar refractivity (Wildman–Crippen MR) is 152 cm³/mol. The maximum atomic E-state index is 13.5. The Bertz CT molecular complexity index is 1440. The van der Waals surface area contributed by atoms with Crippen molar-refractivity contribution >= 4 is 41.9 Å². The van der Waals surface area contributed by atoms with Gasteiger partial charge < -0.3 is 24.7 Å². The summed E-state index contributed by atoms with van der Waals surface area (Å²) >= 11 is 5.99. The molecule has 0 aliphatic carbocycles. The van der Waals surface area contributed by atoms with Crippen LogP contribution in [0.4, 0.5) is 4.79 Å². The molecule has 0 saturated heterocycles. The second-order valence-electron chi connectivity index (χ2n) is 10.0. The fraction of sp³-hybridized carbons (Fsp3) is 0.300. The van der Waals surface area contributed by atoms with Crippen molar-refractivity contribution in [2.75, 3.05) is 26.4 Å². The van der Waals surface area contributed by atoms with E-state index in [1.165, 1.54) is 0 Å². The van der Waals surface area contributed by atoms with Crippen LogP contribution in [0.5, 0.6) is 11.5 Å². The van der Waals surface area contributed by atoms with Gasteiger partial charge in [0, 0.05) is 28.2 Å². The number of rotatable bonds is 8. The summed E-state index contributed by atoms with van der Waals surface area (Å²) in [5.74, 6) is 1.02. The zero-order valence-corrected chi connectivity index (χ0v) is 22.4. The standard InChI is InChI=1S/C30H30BClN2O5/c1-2-30(16-35,17-36)18-38-22-8-3-19(4-9-22)28-27-24(25-15-20(31)5-12-26(25)33-27)13-14-34(28)29(37)39-23-10-6-21(32)7-11-23/h3-12,15,28,33,35-36H,2,13-14,16-18H2,1H3. The average molecular weight is 545 g/mol. The number of carbonyl (C=O) groups is 1. The first-order valence-corrected chi connectivity index (χ1v) is 13.3. The Labute approximate surface area is 233 Å². The first kappa shape index (κ1) is 27.1. The molecule has 0 saturated carbocycles. The van der Waals surface area contributed by atoms with Crippen LogP contribution in [0.2, 0.25) is 5.02 Å². The topological polar surface area (TPSA) is 95.0 Å². The van der Waals surface area contributed by atoms with Gasteiger partial charge in [0.05, 0.1) is 25.2 Å². The quantitative estimate of drug-likeness (QED) is 0.284. The second kappa shape index (κ2) is 11.3. The lowest BCUT2D eigenvalue weighted by Gasteiger charge is -2.35. The normalized spacial score (nSPS) is 15.3. The van der Waals surface area contributed by atoms with Gasteiger partial charge in [-0.25, -0.2) is 4.79 Å². The largest absolute Gasteiger partial charge is 0.493 e. The Kier molecular flexibility index (Phi) is 7.89. The van der Waals surface area contributed by atoms with Gasteiger partial charge >= 0.3 is 6.09 Å². The number of hydrogen-bond donors (Lipinski definition) is 3. The van der Waals surface area contributed by atoms with Gasteiger partial charge in [-0.05, 0) is 66.4 Å². The van der Waals surface area contributed by atoms with E-state index in [2.05, 4.69) is 4.98 Å². The molecule has 9 heteroatoms. The minimum atomic E-state index is -0.703. The average Bonchev–Trinajstić information content (AvgIpc) is 3.33. The number of aliphatic hydroxyl groups excluding tert-OH is 2. The van der Waals surface area contributed by atoms with E-state index in [0.717, 1.165) is 27.7 Å². The molecule has 39 heavy (non-hydrogen) atoms. The zero-order chi connectivity index (χ0) is 27.6. The molecule has 4 aromatic rings. The lowest BCUT2D eigenvalue weighted by molar-refractivity contribution is 0.0114. The van der Waals surface area contributed by atoms with Gasteiger partial charge in [0.1, 0.15) is 25.4 Å². The molecule has 200 valence electrons. The number of H-pyrrole nitrogens is 1. The Balaban J connectivity index is 1.47. The third-order valence-corrected chi connectivity index (χ3v) is 7.82.